The van der Waals surface area contributed by atoms with Crippen LogP contribution in [0.2, 0.25) is 0 Å². The van der Waals surface area contributed by atoms with Gasteiger partial charge in [-0.1, -0.05) is 36.4 Å². The number of fused-ring (bicyclic) bond motifs is 1. The Morgan fingerprint density at radius 1 is 0.771 bits per heavy atom. The van der Waals surface area contributed by atoms with Gasteiger partial charge in [0, 0.05) is 56.4 Å². The summed E-state index contributed by atoms with van der Waals surface area (Å²) in [6.45, 7) is 4.56. The molecule has 3 aromatic carbocycles. The maximum absolute atomic E-state index is 13.3. The Kier molecular flexibility index (Phi) is 6.89. The van der Waals surface area contributed by atoms with Crippen LogP contribution in [-0.2, 0) is 4.79 Å². The molecule has 0 saturated carbocycles. The van der Waals surface area contributed by atoms with E-state index in [0.717, 1.165) is 67.5 Å². The van der Waals surface area contributed by atoms with Crippen molar-refractivity contribution in [3.05, 3.63) is 72.3 Å². The second-order valence-corrected chi connectivity index (χ2v) is 9.46. The molecular weight excluding hydrogens is 438 g/mol. The molecule has 5 rings (SSSR count). The fraction of sp³-hybridized carbons (Fsp3) is 0.379. The van der Waals surface area contributed by atoms with E-state index in [0.29, 0.717) is 13.1 Å². The van der Waals surface area contributed by atoms with Crippen molar-refractivity contribution in [3.8, 4) is 5.75 Å². The summed E-state index contributed by atoms with van der Waals surface area (Å²) in [7, 11) is 1.68. The monoisotopic (exact) mass is 471 g/mol. The van der Waals surface area contributed by atoms with Crippen LogP contribution in [0.25, 0.3) is 10.8 Å². The van der Waals surface area contributed by atoms with Crippen LogP contribution in [0.5, 0.6) is 5.75 Å². The molecule has 2 aliphatic rings. The maximum atomic E-state index is 13.3. The van der Waals surface area contributed by atoms with E-state index in [2.05, 4.69) is 17.0 Å². The van der Waals surface area contributed by atoms with Gasteiger partial charge in [-0.05, 0) is 60.4 Å². The summed E-state index contributed by atoms with van der Waals surface area (Å²) in [4.78, 5) is 32.9. The van der Waals surface area contributed by atoms with E-state index in [1.807, 2.05) is 64.4 Å². The molecule has 0 atom stereocenters. The summed E-state index contributed by atoms with van der Waals surface area (Å²) >= 11 is 0. The Bertz CT molecular complexity index is 1180. The first-order valence-electron chi connectivity index (χ1n) is 12.6. The molecule has 6 heteroatoms. The standard InChI is InChI=1S/C29H33N3O3/c1-35-25-12-10-24(11-13-25)30-16-5-17-31(21-20-30)28(33)23-14-18-32(19-15-23)29(34)27-9-4-7-22-6-2-3-8-26(22)27/h2-4,6-13,23H,5,14-21H2,1H3. The average molecular weight is 472 g/mol. The Morgan fingerprint density at radius 2 is 1.51 bits per heavy atom. The molecule has 182 valence electrons. The summed E-state index contributed by atoms with van der Waals surface area (Å²) in [6.07, 6.45) is 2.41. The minimum Gasteiger partial charge on any atom is -0.497 e. The molecule has 0 aromatic heterocycles. The van der Waals surface area contributed by atoms with Gasteiger partial charge in [-0.2, -0.15) is 0 Å². The van der Waals surface area contributed by atoms with Gasteiger partial charge in [0.05, 0.1) is 7.11 Å². The first kappa shape index (κ1) is 23.2. The molecule has 2 heterocycles. The van der Waals surface area contributed by atoms with Crippen LogP contribution in [0.15, 0.2) is 66.7 Å². The highest BCUT2D eigenvalue weighted by Crippen LogP contribution is 2.26. The highest BCUT2D eigenvalue weighted by Gasteiger charge is 2.31. The van der Waals surface area contributed by atoms with E-state index in [1.54, 1.807) is 7.11 Å². The molecule has 0 spiro atoms. The minimum absolute atomic E-state index is 0.000830. The van der Waals surface area contributed by atoms with Gasteiger partial charge >= 0.3 is 0 Å². The first-order valence-corrected chi connectivity index (χ1v) is 12.6. The zero-order chi connectivity index (χ0) is 24.2. The van der Waals surface area contributed by atoms with Crippen molar-refractivity contribution in [2.75, 3.05) is 51.3 Å². The van der Waals surface area contributed by atoms with Gasteiger partial charge in [0.2, 0.25) is 5.91 Å². The number of anilines is 1. The van der Waals surface area contributed by atoms with Crippen LogP contribution in [0.4, 0.5) is 5.69 Å². The number of piperidine rings is 1. The van der Waals surface area contributed by atoms with Crippen molar-refractivity contribution in [2.24, 2.45) is 5.92 Å². The second-order valence-electron chi connectivity index (χ2n) is 9.46. The van der Waals surface area contributed by atoms with Gasteiger partial charge in [0.25, 0.3) is 5.91 Å². The van der Waals surface area contributed by atoms with Crippen molar-refractivity contribution < 1.29 is 14.3 Å². The molecule has 0 unspecified atom stereocenters. The molecule has 0 N–H and O–H groups in total. The molecule has 2 fully saturated rings. The Balaban J connectivity index is 1.17. The number of carbonyl (C=O) groups is 2. The fourth-order valence-corrected chi connectivity index (χ4v) is 5.36. The highest BCUT2D eigenvalue weighted by molar-refractivity contribution is 6.07. The largest absolute Gasteiger partial charge is 0.497 e. The van der Waals surface area contributed by atoms with Gasteiger partial charge in [-0.15, -0.1) is 0 Å². The van der Waals surface area contributed by atoms with Crippen molar-refractivity contribution in [1.29, 1.82) is 0 Å². The van der Waals surface area contributed by atoms with Crippen LogP contribution < -0.4 is 9.64 Å². The van der Waals surface area contributed by atoms with Crippen molar-refractivity contribution >= 4 is 28.3 Å². The molecule has 3 aromatic rings. The summed E-state index contributed by atoms with van der Waals surface area (Å²) in [5.74, 6) is 1.17. The topological polar surface area (TPSA) is 53.1 Å². The third-order valence-electron chi connectivity index (χ3n) is 7.40. The maximum Gasteiger partial charge on any atom is 0.254 e. The zero-order valence-electron chi connectivity index (χ0n) is 20.4. The van der Waals surface area contributed by atoms with E-state index >= 15 is 0 Å². The lowest BCUT2D eigenvalue weighted by Gasteiger charge is -2.34. The molecule has 0 aliphatic carbocycles. The number of carbonyl (C=O) groups excluding carboxylic acids is 2. The smallest absolute Gasteiger partial charge is 0.254 e. The second kappa shape index (κ2) is 10.4. The number of benzene rings is 3. The number of hydrogen-bond donors (Lipinski definition) is 0. The zero-order valence-corrected chi connectivity index (χ0v) is 20.4. The quantitative estimate of drug-likeness (QED) is 0.565. The molecule has 0 bridgehead atoms. The summed E-state index contributed by atoms with van der Waals surface area (Å²) in [6, 6.07) is 22.0. The SMILES string of the molecule is COc1ccc(N2CCCN(C(=O)C3CCN(C(=O)c4cccc5ccccc45)CC3)CC2)cc1. The Hall–Kier alpha value is -3.54. The van der Waals surface area contributed by atoms with Crippen LogP contribution in [-0.4, -0.2) is 68.0 Å². The van der Waals surface area contributed by atoms with E-state index < -0.39 is 0 Å². The van der Waals surface area contributed by atoms with Gasteiger partial charge in [0.15, 0.2) is 0 Å². The number of nitrogens with zero attached hydrogens (tertiary/aromatic N) is 3. The highest BCUT2D eigenvalue weighted by atomic mass is 16.5. The number of methoxy groups -OCH3 is 1. The molecule has 35 heavy (non-hydrogen) atoms. The molecule has 2 saturated heterocycles. The third kappa shape index (κ3) is 4.97. The Morgan fingerprint density at radius 3 is 2.29 bits per heavy atom. The van der Waals surface area contributed by atoms with Crippen molar-refractivity contribution in [1.82, 2.24) is 9.80 Å². The van der Waals surface area contributed by atoms with Gasteiger partial charge in [0.1, 0.15) is 5.75 Å². The van der Waals surface area contributed by atoms with Crippen molar-refractivity contribution in [2.45, 2.75) is 19.3 Å². The predicted molar refractivity (Wildman–Crippen MR) is 139 cm³/mol. The summed E-state index contributed by atoms with van der Waals surface area (Å²) in [5, 5.41) is 2.07. The number of likely N-dealkylation sites (tertiary alicyclic amines) is 1. The van der Waals surface area contributed by atoms with Crippen LogP contribution in [0.3, 0.4) is 0 Å². The van der Waals surface area contributed by atoms with E-state index in [-0.39, 0.29) is 17.7 Å². The molecule has 0 radical (unpaired) electrons. The fourth-order valence-electron chi connectivity index (χ4n) is 5.36. The summed E-state index contributed by atoms with van der Waals surface area (Å²) in [5.41, 5.74) is 1.92. The number of ether oxygens (including phenoxy) is 1. The average Bonchev–Trinajstić information content (AvgIpc) is 3.18. The molecular formula is C29H33N3O3. The van der Waals surface area contributed by atoms with Crippen LogP contribution in [0.1, 0.15) is 29.6 Å². The lowest BCUT2D eigenvalue weighted by Crippen LogP contribution is -2.45. The van der Waals surface area contributed by atoms with Gasteiger partial charge < -0.3 is 19.4 Å². The number of rotatable bonds is 4. The molecule has 2 aliphatic heterocycles. The van der Waals surface area contributed by atoms with Gasteiger partial charge in [-0.3, -0.25) is 9.59 Å². The number of hydrogen-bond acceptors (Lipinski definition) is 4. The lowest BCUT2D eigenvalue weighted by atomic mass is 9.94. The molecule has 2 amide bonds. The normalized spacial score (nSPS) is 17.3. The lowest BCUT2D eigenvalue weighted by molar-refractivity contribution is -0.136. The van der Waals surface area contributed by atoms with Crippen molar-refractivity contribution in [3.63, 3.8) is 0 Å². The van der Waals surface area contributed by atoms with E-state index in [9.17, 15) is 9.59 Å². The van der Waals surface area contributed by atoms with Crippen LogP contribution >= 0.6 is 0 Å². The minimum atomic E-state index is -0.000830. The first-order chi connectivity index (χ1) is 17.1. The van der Waals surface area contributed by atoms with E-state index in [4.69, 9.17) is 4.74 Å². The van der Waals surface area contributed by atoms with E-state index in [1.165, 1.54) is 5.69 Å². The predicted octanol–water partition coefficient (Wildman–Crippen LogP) is 4.44. The Labute approximate surface area is 207 Å². The molecule has 6 nitrogen and oxygen atoms in total. The number of amides is 2. The van der Waals surface area contributed by atoms with Crippen LogP contribution in [0, 0.1) is 5.92 Å². The van der Waals surface area contributed by atoms with Gasteiger partial charge in [-0.25, -0.2) is 0 Å². The summed E-state index contributed by atoms with van der Waals surface area (Å²) < 4.78 is 5.27. The third-order valence-corrected chi connectivity index (χ3v) is 7.40.